The first-order valence-electron chi connectivity index (χ1n) is 7.15. The number of benzene rings is 1. The molecule has 114 valence electrons. The van der Waals surface area contributed by atoms with Crippen molar-refractivity contribution in [2.45, 2.75) is 26.2 Å². The van der Waals surface area contributed by atoms with Crippen LogP contribution in [0.2, 0.25) is 0 Å². The number of piperidine rings is 1. The molecule has 1 saturated heterocycles. The maximum Gasteiger partial charge on any atom is 0.319 e. The molecule has 0 aromatic heterocycles. The van der Waals surface area contributed by atoms with Crippen LogP contribution in [0.5, 0.6) is 0 Å². The van der Waals surface area contributed by atoms with E-state index in [0.29, 0.717) is 5.69 Å². The van der Waals surface area contributed by atoms with Crippen molar-refractivity contribution in [2.24, 2.45) is 0 Å². The van der Waals surface area contributed by atoms with E-state index in [1.807, 2.05) is 30.0 Å². The fourth-order valence-electron chi connectivity index (χ4n) is 2.31. The summed E-state index contributed by atoms with van der Waals surface area (Å²) >= 11 is 3.41. The molecule has 0 saturated carbocycles. The molecule has 0 aliphatic carbocycles. The van der Waals surface area contributed by atoms with Crippen molar-refractivity contribution in [1.82, 2.24) is 10.2 Å². The fourth-order valence-corrected chi connectivity index (χ4v) is 2.56. The van der Waals surface area contributed by atoms with Crippen molar-refractivity contribution in [3.8, 4) is 0 Å². The van der Waals surface area contributed by atoms with Crippen molar-refractivity contribution in [2.75, 3.05) is 25.0 Å². The average molecular weight is 354 g/mol. The molecule has 21 heavy (non-hydrogen) atoms. The number of anilines is 1. The molecule has 0 unspecified atom stereocenters. The molecule has 1 heterocycles. The maximum atomic E-state index is 11.9. The molecule has 1 aromatic rings. The van der Waals surface area contributed by atoms with Gasteiger partial charge in [-0.1, -0.05) is 15.9 Å². The average Bonchev–Trinajstić information content (AvgIpc) is 2.49. The van der Waals surface area contributed by atoms with Gasteiger partial charge in [0, 0.05) is 23.2 Å². The van der Waals surface area contributed by atoms with Gasteiger partial charge in [0.1, 0.15) is 0 Å². The van der Waals surface area contributed by atoms with Gasteiger partial charge in [-0.05, 0) is 49.9 Å². The van der Waals surface area contributed by atoms with E-state index >= 15 is 0 Å². The van der Waals surface area contributed by atoms with E-state index in [-0.39, 0.29) is 18.5 Å². The zero-order valence-electron chi connectivity index (χ0n) is 12.1. The SMILES string of the molecule is Cc1cc(NC(=O)NCC(=O)N2CCCCC2)ccc1Br. The lowest BCUT2D eigenvalue weighted by atomic mass is 10.1. The standard InChI is InChI=1S/C15H20BrN3O2/c1-11-9-12(5-6-13(11)16)18-15(21)17-10-14(20)19-7-3-2-4-8-19/h5-6,9H,2-4,7-8,10H2,1H3,(H2,17,18,21). The van der Waals surface area contributed by atoms with E-state index in [1.54, 1.807) is 0 Å². The van der Waals surface area contributed by atoms with E-state index in [1.165, 1.54) is 6.42 Å². The van der Waals surface area contributed by atoms with Crippen molar-refractivity contribution in [1.29, 1.82) is 0 Å². The summed E-state index contributed by atoms with van der Waals surface area (Å²) in [4.78, 5) is 25.5. The molecule has 0 bridgehead atoms. The van der Waals surface area contributed by atoms with Gasteiger partial charge in [-0.15, -0.1) is 0 Å². The molecule has 5 nitrogen and oxygen atoms in total. The van der Waals surface area contributed by atoms with Gasteiger partial charge in [0.25, 0.3) is 0 Å². The molecule has 2 N–H and O–H groups in total. The number of amides is 3. The number of carbonyl (C=O) groups excluding carboxylic acids is 2. The Morgan fingerprint density at radius 3 is 2.62 bits per heavy atom. The van der Waals surface area contributed by atoms with Crippen LogP contribution in [-0.4, -0.2) is 36.5 Å². The van der Waals surface area contributed by atoms with E-state index in [4.69, 9.17) is 0 Å². The van der Waals surface area contributed by atoms with Gasteiger partial charge in [0.2, 0.25) is 5.91 Å². The molecule has 2 rings (SSSR count). The molecule has 0 radical (unpaired) electrons. The number of halogens is 1. The number of likely N-dealkylation sites (tertiary alicyclic amines) is 1. The summed E-state index contributed by atoms with van der Waals surface area (Å²) in [6.07, 6.45) is 3.28. The van der Waals surface area contributed by atoms with Crippen LogP contribution in [0.15, 0.2) is 22.7 Å². The second-order valence-corrected chi connectivity index (χ2v) is 6.07. The first-order valence-corrected chi connectivity index (χ1v) is 7.94. The minimum absolute atomic E-state index is 0.0168. The van der Waals surface area contributed by atoms with E-state index < -0.39 is 0 Å². The number of hydrogen-bond donors (Lipinski definition) is 2. The Hall–Kier alpha value is -1.56. The zero-order chi connectivity index (χ0) is 15.2. The van der Waals surface area contributed by atoms with Crippen LogP contribution in [0.3, 0.4) is 0 Å². The molecule has 0 atom stereocenters. The van der Waals surface area contributed by atoms with Crippen LogP contribution < -0.4 is 10.6 Å². The van der Waals surface area contributed by atoms with Crippen LogP contribution in [0.1, 0.15) is 24.8 Å². The smallest absolute Gasteiger partial charge is 0.319 e. The molecular formula is C15H20BrN3O2. The molecule has 1 fully saturated rings. The minimum Gasteiger partial charge on any atom is -0.341 e. The third kappa shape index (κ3) is 4.74. The Kier molecular flexibility index (Phi) is 5.61. The van der Waals surface area contributed by atoms with Crippen LogP contribution in [-0.2, 0) is 4.79 Å². The quantitative estimate of drug-likeness (QED) is 0.877. The highest BCUT2D eigenvalue weighted by Crippen LogP contribution is 2.19. The second-order valence-electron chi connectivity index (χ2n) is 5.21. The Morgan fingerprint density at radius 1 is 1.24 bits per heavy atom. The Bertz CT molecular complexity index is 528. The number of aryl methyl sites for hydroxylation is 1. The van der Waals surface area contributed by atoms with Crippen molar-refractivity contribution in [3.63, 3.8) is 0 Å². The molecular weight excluding hydrogens is 334 g/mol. The number of hydrogen-bond acceptors (Lipinski definition) is 2. The maximum absolute atomic E-state index is 11.9. The lowest BCUT2D eigenvalue weighted by Crippen LogP contribution is -2.43. The fraction of sp³-hybridized carbons (Fsp3) is 0.467. The highest BCUT2D eigenvalue weighted by atomic mass is 79.9. The van der Waals surface area contributed by atoms with E-state index in [9.17, 15) is 9.59 Å². The summed E-state index contributed by atoms with van der Waals surface area (Å²) in [7, 11) is 0. The number of nitrogens with zero attached hydrogens (tertiary/aromatic N) is 1. The van der Waals surface area contributed by atoms with Crippen LogP contribution in [0.4, 0.5) is 10.5 Å². The summed E-state index contributed by atoms with van der Waals surface area (Å²) < 4.78 is 0.994. The molecule has 6 heteroatoms. The largest absolute Gasteiger partial charge is 0.341 e. The highest BCUT2D eigenvalue weighted by Gasteiger charge is 2.16. The van der Waals surface area contributed by atoms with Gasteiger partial charge < -0.3 is 15.5 Å². The van der Waals surface area contributed by atoms with Gasteiger partial charge >= 0.3 is 6.03 Å². The molecule has 1 aliphatic heterocycles. The first kappa shape index (κ1) is 15.8. The monoisotopic (exact) mass is 353 g/mol. The van der Waals surface area contributed by atoms with Gasteiger partial charge in [-0.2, -0.15) is 0 Å². The van der Waals surface area contributed by atoms with Crippen molar-refractivity contribution < 1.29 is 9.59 Å². The lowest BCUT2D eigenvalue weighted by Gasteiger charge is -2.26. The number of rotatable bonds is 3. The Balaban J connectivity index is 1.78. The van der Waals surface area contributed by atoms with Crippen LogP contribution in [0, 0.1) is 6.92 Å². The third-order valence-electron chi connectivity index (χ3n) is 3.52. The first-order chi connectivity index (χ1) is 10.1. The molecule has 0 spiro atoms. The molecule has 1 aromatic carbocycles. The summed E-state index contributed by atoms with van der Waals surface area (Å²) in [5.74, 6) is -0.0168. The zero-order valence-corrected chi connectivity index (χ0v) is 13.7. The Labute approximate surface area is 133 Å². The van der Waals surface area contributed by atoms with E-state index in [2.05, 4.69) is 26.6 Å². The number of urea groups is 1. The van der Waals surface area contributed by atoms with Gasteiger partial charge in [0.05, 0.1) is 6.54 Å². The van der Waals surface area contributed by atoms with Crippen LogP contribution in [0.25, 0.3) is 0 Å². The van der Waals surface area contributed by atoms with Gasteiger partial charge in [0.15, 0.2) is 0 Å². The normalized spacial score (nSPS) is 14.7. The molecule has 3 amide bonds. The second kappa shape index (κ2) is 7.45. The summed E-state index contributed by atoms with van der Waals surface area (Å²) in [6.45, 7) is 3.59. The number of carbonyl (C=O) groups is 2. The van der Waals surface area contributed by atoms with Gasteiger partial charge in [-0.25, -0.2) is 4.79 Å². The van der Waals surface area contributed by atoms with Crippen molar-refractivity contribution >= 4 is 33.6 Å². The topological polar surface area (TPSA) is 61.4 Å². The summed E-state index contributed by atoms with van der Waals surface area (Å²) in [5.41, 5.74) is 1.75. The van der Waals surface area contributed by atoms with Gasteiger partial charge in [-0.3, -0.25) is 4.79 Å². The highest BCUT2D eigenvalue weighted by molar-refractivity contribution is 9.10. The summed E-state index contributed by atoms with van der Waals surface area (Å²) in [5, 5.41) is 5.34. The predicted molar refractivity (Wildman–Crippen MR) is 86.3 cm³/mol. The lowest BCUT2D eigenvalue weighted by molar-refractivity contribution is -0.130. The Morgan fingerprint density at radius 2 is 1.95 bits per heavy atom. The van der Waals surface area contributed by atoms with Crippen LogP contribution >= 0.6 is 15.9 Å². The summed E-state index contributed by atoms with van der Waals surface area (Å²) in [6, 6.07) is 5.20. The van der Waals surface area contributed by atoms with E-state index in [0.717, 1.165) is 36.0 Å². The third-order valence-corrected chi connectivity index (χ3v) is 4.41. The molecule has 1 aliphatic rings. The predicted octanol–water partition coefficient (Wildman–Crippen LogP) is 2.89. The van der Waals surface area contributed by atoms with Crippen molar-refractivity contribution in [3.05, 3.63) is 28.2 Å². The minimum atomic E-state index is -0.359. The number of nitrogens with one attached hydrogen (secondary N) is 2.